The Morgan fingerprint density at radius 1 is 0.919 bits per heavy atom. The Bertz CT molecular complexity index is 1190. The zero-order chi connectivity index (χ0) is 22.5. The van der Waals surface area contributed by atoms with E-state index >= 15 is 0 Å². The number of nitrogens with zero attached hydrogens (tertiary/aromatic N) is 5. The molecule has 0 unspecified atom stereocenters. The van der Waals surface area contributed by atoms with Gasteiger partial charge in [0.1, 0.15) is 17.5 Å². The van der Waals surface area contributed by atoms with Crippen LogP contribution < -0.4 is 5.32 Å². The van der Waals surface area contributed by atoms with Gasteiger partial charge in [-0.1, -0.05) is 24.3 Å². The maximum absolute atomic E-state index is 13.4. The van der Waals surface area contributed by atoms with Crippen molar-refractivity contribution in [1.29, 1.82) is 0 Å². The van der Waals surface area contributed by atoms with Gasteiger partial charge in [0.05, 0.1) is 11.0 Å². The second-order valence-corrected chi connectivity index (χ2v) is 8.75. The first-order chi connectivity index (χ1) is 16.2. The first kappa shape index (κ1) is 32.5. The minimum Gasteiger partial charge on any atom is -0.412 e. The zero-order valence-corrected chi connectivity index (χ0v) is 22.9. The Labute approximate surface area is 235 Å². The standard InChI is InChI=1S/C26H29FN6.3ClH.H2O/c27-22-9-7-21(8-10-22)19-33-24-5-2-1-4-23(24)30-26(33)18-20-11-15-32(16-12-20)17-14-28-25-6-3-13-29-31-25;;;;/h1-10,13,20H,11-12,14-19H2,(H,28,31);3*1H;1H2. The first-order valence-corrected chi connectivity index (χ1v) is 11.7. The second kappa shape index (κ2) is 15.7. The quantitative estimate of drug-likeness (QED) is 0.327. The third-order valence-corrected chi connectivity index (χ3v) is 6.47. The molecular weight excluding hydrogens is 538 g/mol. The van der Waals surface area contributed by atoms with Crippen LogP contribution in [0.2, 0.25) is 0 Å². The summed E-state index contributed by atoms with van der Waals surface area (Å²) in [5, 5.41) is 11.3. The Kier molecular flexibility index (Phi) is 13.8. The summed E-state index contributed by atoms with van der Waals surface area (Å²) in [4.78, 5) is 7.49. The van der Waals surface area contributed by atoms with Gasteiger partial charge >= 0.3 is 0 Å². The molecule has 0 amide bonds. The molecule has 3 N–H and O–H groups in total. The molecule has 3 heterocycles. The number of halogens is 4. The van der Waals surface area contributed by atoms with Crippen LogP contribution in [0.25, 0.3) is 11.0 Å². The summed E-state index contributed by atoms with van der Waals surface area (Å²) in [6, 6.07) is 18.9. The van der Waals surface area contributed by atoms with Gasteiger partial charge in [0.15, 0.2) is 0 Å². The third kappa shape index (κ3) is 8.51. The highest BCUT2D eigenvalue weighted by molar-refractivity contribution is 5.86. The molecule has 1 saturated heterocycles. The monoisotopic (exact) mass is 570 g/mol. The number of para-hydroxylation sites is 2. The number of hydrogen-bond acceptors (Lipinski definition) is 5. The fourth-order valence-corrected chi connectivity index (χ4v) is 4.64. The van der Waals surface area contributed by atoms with E-state index in [0.717, 1.165) is 60.8 Å². The molecule has 0 aliphatic carbocycles. The summed E-state index contributed by atoms with van der Waals surface area (Å²) in [5.74, 6) is 2.38. The molecule has 4 aromatic rings. The Balaban J connectivity index is 0.00000171. The second-order valence-electron chi connectivity index (χ2n) is 8.75. The minimum absolute atomic E-state index is 0. The number of benzene rings is 2. The molecule has 0 atom stereocenters. The van der Waals surface area contributed by atoms with E-state index in [1.807, 2.05) is 30.3 Å². The van der Waals surface area contributed by atoms with Crippen LogP contribution in [0.1, 0.15) is 24.2 Å². The third-order valence-electron chi connectivity index (χ3n) is 6.47. The average molecular weight is 572 g/mol. The van der Waals surface area contributed by atoms with Crippen LogP contribution in [-0.4, -0.2) is 56.3 Å². The van der Waals surface area contributed by atoms with E-state index in [-0.39, 0.29) is 48.5 Å². The lowest BCUT2D eigenvalue weighted by Gasteiger charge is -2.32. The molecule has 1 fully saturated rings. The van der Waals surface area contributed by atoms with Gasteiger partial charge in [0.2, 0.25) is 0 Å². The van der Waals surface area contributed by atoms with Crippen molar-refractivity contribution < 1.29 is 9.87 Å². The van der Waals surface area contributed by atoms with Gasteiger partial charge in [-0.05, 0) is 73.8 Å². The maximum Gasteiger partial charge on any atom is 0.148 e. The van der Waals surface area contributed by atoms with Gasteiger partial charge in [-0.2, -0.15) is 5.10 Å². The van der Waals surface area contributed by atoms with Crippen molar-refractivity contribution >= 4 is 54.1 Å². The molecule has 5 rings (SSSR count). The van der Waals surface area contributed by atoms with Gasteiger partial charge in [-0.3, -0.25) is 0 Å². The molecule has 0 bridgehead atoms. The maximum atomic E-state index is 13.4. The van der Waals surface area contributed by atoms with Crippen molar-refractivity contribution in [2.24, 2.45) is 5.92 Å². The molecule has 11 heteroatoms. The average Bonchev–Trinajstić information content (AvgIpc) is 3.19. The molecule has 0 spiro atoms. The lowest BCUT2D eigenvalue weighted by Crippen LogP contribution is -2.37. The highest BCUT2D eigenvalue weighted by Crippen LogP contribution is 2.25. The first-order valence-electron chi connectivity index (χ1n) is 11.7. The van der Waals surface area contributed by atoms with Crippen LogP contribution in [0.4, 0.5) is 10.2 Å². The highest BCUT2D eigenvalue weighted by atomic mass is 35.5. The Morgan fingerprint density at radius 2 is 1.65 bits per heavy atom. The molecule has 0 radical (unpaired) electrons. The number of likely N-dealkylation sites (tertiary alicyclic amines) is 1. The van der Waals surface area contributed by atoms with Gasteiger partial charge in [-0.25, -0.2) is 9.37 Å². The fourth-order valence-electron chi connectivity index (χ4n) is 4.64. The van der Waals surface area contributed by atoms with E-state index < -0.39 is 0 Å². The molecule has 1 aliphatic heterocycles. The summed E-state index contributed by atoms with van der Waals surface area (Å²) < 4.78 is 15.7. The Morgan fingerprint density at radius 3 is 2.35 bits per heavy atom. The van der Waals surface area contributed by atoms with Crippen LogP contribution in [-0.2, 0) is 13.0 Å². The SMILES string of the molecule is Cl.Cl.Cl.Fc1ccc(Cn2c(CC3CCN(CCNc4cccnn4)CC3)nc3ccccc32)cc1.O. The zero-order valence-electron chi connectivity index (χ0n) is 20.4. The number of fused-ring (bicyclic) bond motifs is 1. The van der Waals surface area contributed by atoms with Crippen molar-refractivity contribution in [2.45, 2.75) is 25.8 Å². The van der Waals surface area contributed by atoms with Gasteiger partial charge in [-0.15, -0.1) is 42.3 Å². The van der Waals surface area contributed by atoms with Gasteiger partial charge in [0.25, 0.3) is 0 Å². The van der Waals surface area contributed by atoms with Crippen LogP contribution in [0, 0.1) is 11.7 Å². The predicted octanol–water partition coefficient (Wildman–Crippen LogP) is 4.82. The van der Waals surface area contributed by atoms with E-state index in [4.69, 9.17) is 4.98 Å². The molecule has 1 aliphatic rings. The van der Waals surface area contributed by atoms with Crippen LogP contribution in [0.5, 0.6) is 0 Å². The van der Waals surface area contributed by atoms with Crippen molar-refractivity contribution in [3.05, 3.63) is 84.1 Å². The highest BCUT2D eigenvalue weighted by Gasteiger charge is 2.22. The van der Waals surface area contributed by atoms with Crippen LogP contribution in [0.3, 0.4) is 0 Å². The number of aromatic nitrogens is 4. The van der Waals surface area contributed by atoms with E-state index in [1.54, 1.807) is 6.20 Å². The number of hydrogen-bond donors (Lipinski definition) is 1. The molecular formula is C26H34Cl3FN6O. The molecule has 2 aromatic heterocycles. The summed E-state index contributed by atoms with van der Waals surface area (Å²) >= 11 is 0. The smallest absolute Gasteiger partial charge is 0.148 e. The molecule has 37 heavy (non-hydrogen) atoms. The van der Waals surface area contributed by atoms with Crippen molar-refractivity contribution in [2.75, 3.05) is 31.5 Å². The van der Waals surface area contributed by atoms with E-state index in [9.17, 15) is 4.39 Å². The van der Waals surface area contributed by atoms with Crippen LogP contribution in [0.15, 0.2) is 66.9 Å². The summed E-state index contributed by atoms with van der Waals surface area (Å²) in [6.45, 7) is 4.79. The largest absolute Gasteiger partial charge is 0.412 e. The van der Waals surface area contributed by atoms with E-state index in [0.29, 0.717) is 12.5 Å². The molecule has 202 valence electrons. The summed E-state index contributed by atoms with van der Waals surface area (Å²) in [5.41, 5.74) is 3.26. The number of anilines is 1. The molecule has 7 nitrogen and oxygen atoms in total. The minimum atomic E-state index is -0.201. The molecule has 2 aromatic carbocycles. The fraction of sp³-hybridized carbons (Fsp3) is 0.346. The number of rotatable bonds is 8. The predicted molar refractivity (Wildman–Crippen MR) is 154 cm³/mol. The molecule has 0 saturated carbocycles. The van der Waals surface area contributed by atoms with Gasteiger partial charge in [0, 0.05) is 32.3 Å². The lowest BCUT2D eigenvalue weighted by atomic mass is 9.93. The van der Waals surface area contributed by atoms with E-state index in [2.05, 4.69) is 43.2 Å². The lowest BCUT2D eigenvalue weighted by molar-refractivity contribution is 0.188. The Hall–Kier alpha value is -2.49. The topological polar surface area (TPSA) is 90.4 Å². The summed E-state index contributed by atoms with van der Waals surface area (Å²) in [7, 11) is 0. The summed E-state index contributed by atoms with van der Waals surface area (Å²) in [6.07, 6.45) is 5.00. The normalized spacial score (nSPS) is 13.5. The van der Waals surface area contributed by atoms with E-state index in [1.165, 1.54) is 25.0 Å². The van der Waals surface area contributed by atoms with Crippen molar-refractivity contribution in [3.63, 3.8) is 0 Å². The number of imidazole rings is 1. The van der Waals surface area contributed by atoms with Gasteiger partial charge < -0.3 is 20.3 Å². The number of piperidine rings is 1. The van der Waals surface area contributed by atoms with Crippen LogP contribution >= 0.6 is 37.2 Å². The van der Waals surface area contributed by atoms with Crippen molar-refractivity contribution in [1.82, 2.24) is 24.6 Å². The number of nitrogens with one attached hydrogen (secondary N) is 1. The van der Waals surface area contributed by atoms with Crippen molar-refractivity contribution in [3.8, 4) is 0 Å².